The largest absolute Gasteiger partial charge is 0.428 e. The van der Waals surface area contributed by atoms with Crippen molar-refractivity contribution in [1.82, 2.24) is 19.7 Å². The van der Waals surface area contributed by atoms with E-state index in [0.29, 0.717) is 11.3 Å². The minimum atomic E-state index is -0.359. The molecule has 3 heterocycles. The van der Waals surface area contributed by atoms with Crippen LogP contribution in [0.15, 0.2) is 71.5 Å². The highest BCUT2D eigenvalue weighted by molar-refractivity contribution is 5.88. The minimum Gasteiger partial charge on any atom is -0.319 e. The smallest absolute Gasteiger partial charge is 0.319 e. The number of nitrogens with one attached hydrogen (secondary N) is 1. The van der Waals surface area contributed by atoms with Gasteiger partial charge in [-0.2, -0.15) is 4.68 Å². The van der Waals surface area contributed by atoms with Crippen molar-refractivity contribution in [2.45, 2.75) is 20.4 Å². The number of nitrogens with zero attached hydrogens (tertiary/aromatic N) is 4. The summed E-state index contributed by atoms with van der Waals surface area (Å²) >= 11 is 0. The molecule has 33 heavy (non-hydrogen) atoms. The maximum Gasteiger partial charge on any atom is 0.428 e. The molecule has 2 aromatic carbocycles. The van der Waals surface area contributed by atoms with E-state index in [1.807, 2.05) is 56.3 Å². The van der Waals surface area contributed by atoms with Gasteiger partial charge in [-0.05, 0) is 49.2 Å². The molecule has 5 rings (SSSR count). The first kappa shape index (κ1) is 20.6. The minimum absolute atomic E-state index is 0.0780. The second-order valence-corrected chi connectivity index (χ2v) is 7.99. The molecule has 0 spiro atoms. The molecule has 3 N–H and O–H groups in total. The van der Waals surface area contributed by atoms with Gasteiger partial charge in [0.15, 0.2) is 0 Å². The van der Waals surface area contributed by atoms with Crippen molar-refractivity contribution in [3.05, 3.63) is 100.0 Å². The molecule has 7 nitrogen and oxygen atoms in total. The molecule has 8 heteroatoms. The van der Waals surface area contributed by atoms with Crippen LogP contribution >= 0.6 is 0 Å². The number of hydrogen-bond donors (Lipinski definition) is 2. The Kier molecular flexibility index (Phi) is 4.97. The molecule has 0 saturated heterocycles. The van der Waals surface area contributed by atoms with E-state index in [4.69, 9.17) is 5.73 Å². The molecule has 3 aromatic heterocycles. The number of aryl methyl sites for hydroxylation is 2. The fourth-order valence-electron chi connectivity index (χ4n) is 4.09. The summed E-state index contributed by atoms with van der Waals surface area (Å²) in [6.45, 7) is 4.08. The molecular weight excluding hydrogens is 419 g/mol. The first-order valence-electron chi connectivity index (χ1n) is 10.5. The highest BCUT2D eigenvalue weighted by atomic mass is 19.1. The van der Waals surface area contributed by atoms with Crippen LogP contribution in [0.4, 0.5) is 10.3 Å². The number of anilines is 1. The van der Waals surface area contributed by atoms with Gasteiger partial charge in [0.25, 0.3) is 0 Å². The number of halogens is 1. The van der Waals surface area contributed by atoms with Crippen LogP contribution in [-0.4, -0.2) is 19.7 Å². The number of pyridine rings is 1. The van der Waals surface area contributed by atoms with E-state index in [1.165, 1.54) is 21.2 Å². The van der Waals surface area contributed by atoms with Crippen LogP contribution in [0, 0.1) is 19.7 Å². The van der Waals surface area contributed by atoms with Gasteiger partial charge in [0.05, 0.1) is 5.56 Å². The van der Waals surface area contributed by atoms with Gasteiger partial charge in [-0.15, -0.1) is 9.38 Å². The van der Waals surface area contributed by atoms with E-state index in [1.54, 1.807) is 12.1 Å². The van der Waals surface area contributed by atoms with Crippen LogP contribution in [0.3, 0.4) is 0 Å². The van der Waals surface area contributed by atoms with Gasteiger partial charge < -0.3 is 5.73 Å². The number of nitrogen functional groups attached to an aromatic ring is 1. The second kappa shape index (κ2) is 7.98. The fourth-order valence-corrected chi connectivity index (χ4v) is 4.09. The third-order valence-corrected chi connectivity index (χ3v) is 5.49. The summed E-state index contributed by atoms with van der Waals surface area (Å²) in [5.41, 5.74) is 12.1. The van der Waals surface area contributed by atoms with E-state index in [0.717, 1.165) is 33.6 Å². The molecule has 0 unspecified atom stereocenters. The van der Waals surface area contributed by atoms with E-state index in [9.17, 15) is 9.18 Å². The standard InChI is InChI=1S/C25H21FN6O/c1-15-12-19(13-16(2)28-15)21-22(18-6-4-3-5-7-18)29-24(27)32-23(21)30-31(25(32)33)14-17-8-10-20(26)11-9-17/h3-13H,14H2,1-2H3,(H2,27,28,29,30)/p+1. The molecule has 0 aliphatic rings. The van der Waals surface area contributed by atoms with Crippen molar-refractivity contribution in [2.24, 2.45) is 0 Å². The van der Waals surface area contributed by atoms with Crippen molar-refractivity contribution < 1.29 is 8.79 Å². The highest BCUT2D eigenvalue weighted by Gasteiger charge is 2.26. The monoisotopic (exact) mass is 441 g/mol. The molecule has 0 amide bonds. The summed E-state index contributed by atoms with van der Waals surface area (Å²) in [6.07, 6.45) is 0. The molecule has 0 aliphatic carbocycles. The predicted octanol–water partition coefficient (Wildman–Crippen LogP) is 3.43. The molecule has 0 fully saturated rings. The van der Waals surface area contributed by atoms with E-state index >= 15 is 0 Å². The maximum absolute atomic E-state index is 13.3. The predicted molar refractivity (Wildman–Crippen MR) is 124 cm³/mol. The summed E-state index contributed by atoms with van der Waals surface area (Å²) in [4.78, 5) is 22.4. The summed E-state index contributed by atoms with van der Waals surface area (Å²) in [6, 6.07) is 19.6. The number of H-pyrrole nitrogens is 1. The lowest BCUT2D eigenvalue weighted by molar-refractivity contribution is -0.516. The normalized spacial score (nSPS) is 11.2. The summed E-state index contributed by atoms with van der Waals surface area (Å²) in [5.74, 6) is -0.252. The number of benzene rings is 2. The lowest BCUT2D eigenvalue weighted by Gasteiger charge is -2.10. The molecular formula is C25H22FN6O+. The number of aromatic amines is 1. The Bertz CT molecular complexity index is 1520. The molecule has 0 bridgehead atoms. The molecule has 0 aliphatic heterocycles. The lowest BCUT2D eigenvalue weighted by atomic mass is 9.99. The Morgan fingerprint density at radius 1 is 0.970 bits per heavy atom. The summed E-state index contributed by atoms with van der Waals surface area (Å²) in [5, 5.41) is 3.22. The summed E-state index contributed by atoms with van der Waals surface area (Å²) < 4.78 is 16.1. The van der Waals surface area contributed by atoms with Crippen molar-refractivity contribution >= 4 is 11.6 Å². The molecule has 0 atom stereocenters. The number of hydrogen-bond acceptors (Lipinski definition) is 4. The van der Waals surface area contributed by atoms with E-state index < -0.39 is 0 Å². The number of rotatable bonds is 4. The zero-order chi connectivity index (χ0) is 23.1. The fraction of sp³-hybridized carbons (Fsp3) is 0.120. The topological polar surface area (TPSA) is 93.7 Å². The van der Waals surface area contributed by atoms with Gasteiger partial charge in [0, 0.05) is 17.0 Å². The Labute approximate surface area is 189 Å². The van der Waals surface area contributed by atoms with Crippen molar-refractivity contribution in [3.8, 4) is 22.4 Å². The Morgan fingerprint density at radius 3 is 2.30 bits per heavy atom. The Balaban J connectivity index is 1.81. The molecule has 5 aromatic rings. The first-order chi connectivity index (χ1) is 15.9. The van der Waals surface area contributed by atoms with Crippen LogP contribution in [0.5, 0.6) is 0 Å². The van der Waals surface area contributed by atoms with Crippen LogP contribution in [0.2, 0.25) is 0 Å². The SMILES string of the molecule is Cc1cc(-c2c(-c3ccccc3)nc(N)[n+]3c(=O)n(Cc4ccc(F)cc4)[nH]c23)cc(C)n1. The van der Waals surface area contributed by atoms with E-state index in [2.05, 4.69) is 15.1 Å². The van der Waals surface area contributed by atoms with Crippen LogP contribution < -0.4 is 15.8 Å². The third kappa shape index (κ3) is 3.76. The molecule has 0 saturated carbocycles. The van der Waals surface area contributed by atoms with Crippen molar-refractivity contribution in [3.63, 3.8) is 0 Å². The highest BCUT2D eigenvalue weighted by Crippen LogP contribution is 2.33. The lowest BCUT2D eigenvalue weighted by Crippen LogP contribution is -2.44. The van der Waals surface area contributed by atoms with Gasteiger partial charge in [-0.3, -0.25) is 4.98 Å². The number of fused-ring (bicyclic) bond motifs is 1. The third-order valence-electron chi connectivity index (χ3n) is 5.49. The zero-order valence-corrected chi connectivity index (χ0v) is 18.2. The van der Waals surface area contributed by atoms with Gasteiger partial charge in [-0.1, -0.05) is 42.5 Å². The van der Waals surface area contributed by atoms with Gasteiger partial charge in [-0.25, -0.2) is 14.3 Å². The molecule has 164 valence electrons. The Hall–Kier alpha value is -4.33. The van der Waals surface area contributed by atoms with Crippen molar-refractivity contribution in [1.29, 1.82) is 0 Å². The number of nitrogens with two attached hydrogens (primary N) is 1. The summed E-state index contributed by atoms with van der Waals surface area (Å²) in [7, 11) is 0. The molecule has 0 radical (unpaired) electrons. The van der Waals surface area contributed by atoms with Crippen molar-refractivity contribution in [2.75, 3.05) is 5.73 Å². The van der Waals surface area contributed by atoms with Gasteiger partial charge in [0.1, 0.15) is 18.1 Å². The quantitative estimate of drug-likeness (QED) is 0.418. The van der Waals surface area contributed by atoms with Gasteiger partial charge >= 0.3 is 11.6 Å². The van der Waals surface area contributed by atoms with Crippen LogP contribution in [-0.2, 0) is 6.54 Å². The van der Waals surface area contributed by atoms with Crippen LogP contribution in [0.1, 0.15) is 17.0 Å². The van der Waals surface area contributed by atoms with Crippen LogP contribution in [0.25, 0.3) is 28.0 Å². The Morgan fingerprint density at radius 2 is 1.64 bits per heavy atom. The van der Waals surface area contributed by atoms with E-state index in [-0.39, 0.29) is 24.0 Å². The maximum atomic E-state index is 13.3. The second-order valence-electron chi connectivity index (χ2n) is 7.99. The average molecular weight is 441 g/mol. The van der Waals surface area contributed by atoms with Gasteiger partial charge in [0.2, 0.25) is 5.65 Å². The number of aromatic nitrogens is 5. The first-order valence-corrected chi connectivity index (χ1v) is 10.5. The average Bonchev–Trinajstić information content (AvgIpc) is 3.11. The zero-order valence-electron chi connectivity index (χ0n) is 18.2.